The van der Waals surface area contributed by atoms with E-state index in [1.54, 1.807) is 31.4 Å². The van der Waals surface area contributed by atoms with Crippen molar-refractivity contribution in [1.82, 2.24) is 10.2 Å². The number of hydrogen-bond acceptors (Lipinski definition) is 7. The van der Waals surface area contributed by atoms with Gasteiger partial charge in [-0.3, -0.25) is 13.9 Å². The molecule has 2 aromatic rings. The highest BCUT2D eigenvalue weighted by Gasteiger charge is 2.33. The quantitative estimate of drug-likeness (QED) is 0.399. The summed E-state index contributed by atoms with van der Waals surface area (Å²) in [5.74, 6) is 0.623. The fourth-order valence-corrected chi connectivity index (χ4v) is 5.69. The molecule has 2 aromatic carbocycles. The Morgan fingerprint density at radius 3 is 2.28 bits per heavy atom. The molecule has 1 aliphatic carbocycles. The predicted octanol–water partition coefficient (Wildman–Crippen LogP) is 3.34. The third-order valence-electron chi connectivity index (χ3n) is 6.91. The molecule has 1 fully saturated rings. The summed E-state index contributed by atoms with van der Waals surface area (Å²) < 4.78 is 42.7. The van der Waals surface area contributed by atoms with Gasteiger partial charge < -0.3 is 24.4 Å². The molecule has 0 saturated heterocycles. The van der Waals surface area contributed by atoms with Gasteiger partial charge in [0.1, 0.15) is 18.3 Å². The van der Waals surface area contributed by atoms with E-state index in [9.17, 15) is 18.0 Å². The smallest absolute Gasteiger partial charge is 0.244 e. The summed E-state index contributed by atoms with van der Waals surface area (Å²) in [6.07, 6.45) is 5.34. The second-order valence-corrected chi connectivity index (χ2v) is 11.5. The van der Waals surface area contributed by atoms with E-state index in [2.05, 4.69) is 5.32 Å². The number of rotatable bonds is 13. The predicted molar refractivity (Wildman–Crippen MR) is 150 cm³/mol. The average Bonchev–Trinajstić information content (AvgIpc) is 3.43. The highest BCUT2D eigenvalue weighted by molar-refractivity contribution is 7.92. The van der Waals surface area contributed by atoms with Crippen LogP contribution in [-0.2, 0) is 26.2 Å². The zero-order valence-electron chi connectivity index (χ0n) is 23.3. The summed E-state index contributed by atoms with van der Waals surface area (Å²) in [5, 5.41) is 3.10. The third-order valence-corrected chi connectivity index (χ3v) is 8.05. The van der Waals surface area contributed by atoms with Crippen LogP contribution in [-0.4, -0.2) is 71.3 Å². The molecule has 0 bridgehead atoms. The maximum absolute atomic E-state index is 13.9. The molecule has 2 amide bonds. The van der Waals surface area contributed by atoms with Crippen LogP contribution in [0.15, 0.2) is 42.5 Å². The Morgan fingerprint density at radius 2 is 1.69 bits per heavy atom. The topological polar surface area (TPSA) is 114 Å². The van der Waals surface area contributed by atoms with Crippen LogP contribution in [0.3, 0.4) is 0 Å². The molecule has 10 nitrogen and oxygen atoms in total. The second-order valence-electron chi connectivity index (χ2n) is 9.60. The molecule has 0 heterocycles. The molecule has 0 spiro atoms. The Labute approximate surface area is 231 Å². The number of carbonyl (C=O) groups is 2. The van der Waals surface area contributed by atoms with Gasteiger partial charge in [0.2, 0.25) is 21.8 Å². The summed E-state index contributed by atoms with van der Waals surface area (Å²) in [4.78, 5) is 28.8. The third kappa shape index (κ3) is 7.78. The lowest BCUT2D eigenvalue weighted by molar-refractivity contribution is -0.140. The summed E-state index contributed by atoms with van der Waals surface area (Å²) in [6, 6.07) is 11.2. The van der Waals surface area contributed by atoms with Crippen molar-refractivity contribution in [3.05, 3.63) is 48.0 Å². The minimum atomic E-state index is -3.88. The van der Waals surface area contributed by atoms with E-state index in [4.69, 9.17) is 14.2 Å². The lowest BCUT2D eigenvalue weighted by atomic mass is 10.1. The van der Waals surface area contributed by atoms with E-state index < -0.39 is 28.5 Å². The van der Waals surface area contributed by atoms with Gasteiger partial charge in [0, 0.05) is 18.7 Å². The number of nitrogens with one attached hydrogen (secondary N) is 1. The minimum Gasteiger partial charge on any atom is -0.497 e. The maximum atomic E-state index is 13.9. The van der Waals surface area contributed by atoms with E-state index in [1.165, 1.54) is 25.2 Å². The van der Waals surface area contributed by atoms with Crippen molar-refractivity contribution < 1.29 is 32.2 Å². The summed E-state index contributed by atoms with van der Waals surface area (Å²) in [6.45, 7) is 1.45. The molecule has 0 aromatic heterocycles. The van der Waals surface area contributed by atoms with Gasteiger partial charge in [-0.25, -0.2) is 8.42 Å². The standard InChI is InChI=1S/C28H39N3O7S/c1-6-24(28(33)29-21-11-7-8-12-21)30(18-20-10-9-13-23(16-20)36-2)27(32)19-31(39(5,34)35)22-14-15-25(37-3)26(17-22)38-4/h9-10,13-17,21,24H,6-8,11-12,18-19H2,1-5H3,(H,29,33)/t24-/m0/s1. The van der Waals surface area contributed by atoms with Gasteiger partial charge >= 0.3 is 0 Å². The van der Waals surface area contributed by atoms with Gasteiger partial charge in [-0.05, 0) is 49.1 Å². The van der Waals surface area contributed by atoms with Crippen molar-refractivity contribution in [3.8, 4) is 17.2 Å². The first kappa shape index (κ1) is 30.1. The van der Waals surface area contributed by atoms with Crippen molar-refractivity contribution >= 4 is 27.5 Å². The summed E-state index contributed by atoms with van der Waals surface area (Å²) in [7, 11) is 0.604. The van der Waals surface area contributed by atoms with Crippen LogP contribution in [0.25, 0.3) is 0 Å². The molecule has 214 valence electrons. The first-order valence-corrected chi connectivity index (χ1v) is 14.9. The SMILES string of the molecule is CC[C@@H](C(=O)NC1CCCC1)N(Cc1cccc(OC)c1)C(=O)CN(c1ccc(OC)c(OC)c1)S(C)(=O)=O. The Morgan fingerprint density at radius 1 is 1.00 bits per heavy atom. The zero-order chi connectivity index (χ0) is 28.6. The van der Waals surface area contributed by atoms with Crippen LogP contribution in [0.5, 0.6) is 17.2 Å². The van der Waals surface area contributed by atoms with Crippen LogP contribution in [0.1, 0.15) is 44.6 Å². The fraction of sp³-hybridized carbons (Fsp3) is 0.500. The van der Waals surface area contributed by atoms with Gasteiger partial charge in [0.15, 0.2) is 11.5 Å². The van der Waals surface area contributed by atoms with Crippen molar-refractivity contribution in [2.45, 2.75) is 57.7 Å². The van der Waals surface area contributed by atoms with Crippen LogP contribution in [0.4, 0.5) is 5.69 Å². The lowest BCUT2D eigenvalue weighted by Gasteiger charge is -2.33. The average molecular weight is 562 g/mol. The van der Waals surface area contributed by atoms with Crippen molar-refractivity contribution in [1.29, 1.82) is 0 Å². The summed E-state index contributed by atoms with van der Waals surface area (Å²) in [5.41, 5.74) is 1.00. The van der Waals surface area contributed by atoms with E-state index in [0.717, 1.165) is 41.8 Å². The Hall–Kier alpha value is -3.47. The molecular formula is C28H39N3O7S. The molecule has 0 aliphatic heterocycles. The fourth-order valence-electron chi connectivity index (χ4n) is 4.85. The van der Waals surface area contributed by atoms with E-state index in [1.807, 2.05) is 19.1 Å². The summed E-state index contributed by atoms with van der Waals surface area (Å²) >= 11 is 0. The van der Waals surface area contributed by atoms with E-state index in [0.29, 0.717) is 23.7 Å². The number of benzene rings is 2. The van der Waals surface area contributed by atoms with Crippen molar-refractivity contribution in [3.63, 3.8) is 0 Å². The monoisotopic (exact) mass is 561 g/mol. The van der Waals surface area contributed by atoms with Crippen molar-refractivity contribution in [2.75, 3.05) is 38.4 Å². The van der Waals surface area contributed by atoms with Gasteiger partial charge in [-0.1, -0.05) is 31.9 Å². The molecule has 1 aliphatic rings. The Bertz CT molecular complexity index is 1250. The van der Waals surface area contributed by atoms with Crippen LogP contribution >= 0.6 is 0 Å². The lowest BCUT2D eigenvalue weighted by Crippen LogP contribution is -2.53. The molecule has 1 saturated carbocycles. The molecule has 0 radical (unpaired) electrons. The minimum absolute atomic E-state index is 0.0830. The van der Waals surface area contributed by atoms with Gasteiger partial charge in [-0.2, -0.15) is 0 Å². The van der Waals surface area contributed by atoms with Gasteiger partial charge in [0.05, 0.1) is 33.3 Å². The first-order valence-electron chi connectivity index (χ1n) is 13.0. The number of carbonyl (C=O) groups excluding carboxylic acids is 2. The van der Waals surface area contributed by atoms with Crippen LogP contribution in [0, 0.1) is 0 Å². The molecule has 1 atom stereocenters. The molecule has 39 heavy (non-hydrogen) atoms. The van der Waals surface area contributed by atoms with Crippen molar-refractivity contribution in [2.24, 2.45) is 0 Å². The number of methoxy groups -OCH3 is 3. The number of hydrogen-bond donors (Lipinski definition) is 1. The van der Waals surface area contributed by atoms with Gasteiger partial charge in [-0.15, -0.1) is 0 Å². The molecular weight excluding hydrogens is 522 g/mol. The Balaban J connectivity index is 1.96. The van der Waals surface area contributed by atoms with E-state index in [-0.39, 0.29) is 24.2 Å². The number of anilines is 1. The van der Waals surface area contributed by atoms with E-state index >= 15 is 0 Å². The normalized spacial score (nSPS) is 14.4. The highest BCUT2D eigenvalue weighted by atomic mass is 32.2. The van der Waals surface area contributed by atoms with Gasteiger partial charge in [0.25, 0.3) is 0 Å². The molecule has 1 N–H and O–H groups in total. The van der Waals surface area contributed by atoms with Crippen LogP contribution in [0.2, 0.25) is 0 Å². The number of sulfonamides is 1. The number of amides is 2. The first-order chi connectivity index (χ1) is 18.6. The highest BCUT2D eigenvalue weighted by Crippen LogP contribution is 2.32. The largest absolute Gasteiger partial charge is 0.497 e. The Kier molecular flexibility index (Phi) is 10.4. The molecule has 0 unspecified atom stereocenters. The number of nitrogens with zero attached hydrogens (tertiary/aromatic N) is 2. The molecule has 3 rings (SSSR count). The van der Waals surface area contributed by atoms with Crippen LogP contribution < -0.4 is 23.8 Å². The number of ether oxygens (including phenoxy) is 3. The maximum Gasteiger partial charge on any atom is 0.244 e. The molecule has 11 heteroatoms. The second kappa shape index (κ2) is 13.5. The zero-order valence-corrected chi connectivity index (χ0v) is 24.1.